The summed E-state index contributed by atoms with van der Waals surface area (Å²) in [4.78, 5) is 13.1. The molecule has 0 N–H and O–H groups in total. The molecule has 0 unspecified atom stereocenters. The Labute approximate surface area is 74.2 Å². The summed E-state index contributed by atoms with van der Waals surface area (Å²) in [6.45, 7) is 5.59. The number of unbranched alkanes of at least 4 members (excludes halogenated alkanes) is 2. The molecule has 12 heavy (non-hydrogen) atoms. The molecule has 2 nitrogen and oxygen atoms in total. The number of carbonyl (C=O) groups is 1. The van der Waals surface area contributed by atoms with E-state index >= 15 is 0 Å². The highest BCUT2D eigenvalue weighted by molar-refractivity contribution is 5.77. The summed E-state index contributed by atoms with van der Waals surface area (Å²) in [5.74, 6) is 0.341. The molecular weight excluding hydrogens is 150 g/mol. The summed E-state index contributed by atoms with van der Waals surface area (Å²) >= 11 is 0. The first-order valence-electron chi connectivity index (χ1n) is 4.73. The molecule has 0 atom stereocenters. The molecule has 1 amide bonds. The number of hydrogen-bond acceptors (Lipinski definition) is 1. The predicted molar refractivity (Wildman–Crippen MR) is 49.9 cm³/mol. The Kier molecular flexibility index (Phi) is 3.85. The summed E-state index contributed by atoms with van der Waals surface area (Å²) in [5, 5.41) is 0. The largest absolute Gasteiger partial charge is 0.343 e. The van der Waals surface area contributed by atoms with Gasteiger partial charge >= 0.3 is 0 Å². The summed E-state index contributed by atoms with van der Waals surface area (Å²) < 4.78 is 0. The van der Waals surface area contributed by atoms with Gasteiger partial charge in [0, 0.05) is 19.5 Å². The Morgan fingerprint density at radius 2 is 2.33 bits per heavy atom. The minimum Gasteiger partial charge on any atom is -0.343 e. The van der Waals surface area contributed by atoms with E-state index in [4.69, 9.17) is 0 Å². The van der Waals surface area contributed by atoms with Crippen molar-refractivity contribution in [3.05, 3.63) is 12.7 Å². The second-order valence-corrected chi connectivity index (χ2v) is 3.27. The molecule has 0 radical (unpaired) electrons. The molecule has 0 saturated carbocycles. The zero-order valence-electron chi connectivity index (χ0n) is 7.59. The lowest BCUT2D eigenvalue weighted by Crippen LogP contribution is -2.25. The summed E-state index contributed by atoms with van der Waals surface area (Å²) in [5.41, 5.74) is 0. The van der Waals surface area contributed by atoms with E-state index in [0.29, 0.717) is 5.91 Å². The van der Waals surface area contributed by atoms with Crippen molar-refractivity contribution in [3.8, 4) is 0 Å². The Morgan fingerprint density at radius 1 is 1.50 bits per heavy atom. The van der Waals surface area contributed by atoms with Crippen molar-refractivity contribution in [1.82, 2.24) is 4.90 Å². The smallest absolute Gasteiger partial charge is 0.222 e. The third-order valence-electron chi connectivity index (χ3n) is 2.26. The normalized spacial score (nSPS) is 17.0. The lowest BCUT2D eigenvalue weighted by Gasteiger charge is -2.14. The van der Waals surface area contributed by atoms with Crippen LogP contribution in [0.4, 0.5) is 0 Å². The van der Waals surface area contributed by atoms with Gasteiger partial charge in [0.25, 0.3) is 0 Å². The highest BCUT2D eigenvalue weighted by Gasteiger charge is 2.18. The average molecular weight is 167 g/mol. The Bertz CT molecular complexity index is 165. The van der Waals surface area contributed by atoms with Gasteiger partial charge < -0.3 is 4.90 Å². The van der Waals surface area contributed by atoms with Crippen molar-refractivity contribution in [1.29, 1.82) is 0 Å². The number of likely N-dealkylation sites (tertiary alicyclic amines) is 1. The van der Waals surface area contributed by atoms with Crippen LogP contribution in [0, 0.1) is 0 Å². The zero-order valence-corrected chi connectivity index (χ0v) is 7.59. The monoisotopic (exact) mass is 167 g/mol. The average Bonchev–Trinajstić information content (AvgIpc) is 2.46. The minimum atomic E-state index is 0.341. The quantitative estimate of drug-likeness (QED) is 0.453. The van der Waals surface area contributed by atoms with Gasteiger partial charge in [0.1, 0.15) is 0 Å². The van der Waals surface area contributed by atoms with Crippen molar-refractivity contribution in [2.75, 3.05) is 13.1 Å². The van der Waals surface area contributed by atoms with Gasteiger partial charge in [0.2, 0.25) is 5.91 Å². The van der Waals surface area contributed by atoms with Gasteiger partial charge in [0.05, 0.1) is 0 Å². The van der Waals surface area contributed by atoms with Gasteiger partial charge in [-0.25, -0.2) is 0 Å². The van der Waals surface area contributed by atoms with Crippen molar-refractivity contribution in [2.45, 2.75) is 32.1 Å². The van der Waals surface area contributed by atoms with E-state index in [1.165, 1.54) is 0 Å². The van der Waals surface area contributed by atoms with Gasteiger partial charge in [-0.1, -0.05) is 6.08 Å². The number of rotatable bonds is 5. The number of allylic oxidation sites excluding steroid dienone is 1. The first-order chi connectivity index (χ1) is 5.84. The van der Waals surface area contributed by atoms with Crippen LogP contribution in [0.2, 0.25) is 0 Å². The van der Waals surface area contributed by atoms with Crippen LogP contribution in [0.5, 0.6) is 0 Å². The molecule has 0 aliphatic carbocycles. The summed E-state index contributed by atoms with van der Waals surface area (Å²) in [7, 11) is 0. The number of amides is 1. The van der Waals surface area contributed by atoms with Crippen molar-refractivity contribution < 1.29 is 4.79 Å². The lowest BCUT2D eigenvalue weighted by atomic mass is 10.2. The molecule has 1 aliphatic rings. The van der Waals surface area contributed by atoms with Crippen molar-refractivity contribution in [2.24, 2.45) is 0 Å². The van der Waals surface area contributed by atoms with Crippen LogP contribution in [0.25, 0.3) is 0 Å². The van der Waals surface area contributed by atoms with Crippen LogP contribution in [0.1, 0.15) is 32.1 Å². The third-order valence-corrected chi connectivity index (χ3v) is 2.26. The molecule has 1 fully saturated rings. The highest BCUT2D eigenvalue weighted by atomic mass is 16.2. The highest BCUT2D eigenvalue weighted by Crippen LogP contribution is 2.10. The minimum absolute atomic E-state index is 0.341. The van der Waals surface area contributed by atoms with Gasteiger partial charge in [-0.05, 0) is 25.7 Å². The van der Waals surface area contributed by atoms with Gasteiger partial charge in [0.15, 0.2) is 0 Å². The molecule has 0 bridgehead atoms. The topological polar surface area (TPSA) is 20.3 Å². The van der Waals surface area contributed by atoms with Crippen LogP contribution in [-0.4, -0.2) is 23.9 Å². The van der Waals surface area contributed by atoms with Crippen LogP contribution >= 0.6 is 0 Å². The fraction of sp³-hybridized carbons (Fsp3) is 0.700. The number of nitrogens with zero attached hydrogens (tertiary/aromatic N) is 1. The molecule has 0 aromatic carbocycles. The first-order valence-corrected chi connectivity index (χ1v) is 4.73. The Hall–Kier alpha value is -0.790. The molecule has 1 heterocycles. The SMILES string of the molecule is C=CCCCCN1CCCC1=O. The molecular formula is C10H17NO. The third kappa shape index (κ3) is 2.68. The fourth-order valence-corrected chi connectivity index (χ4v) is 1.53. The molecule has 2 heteroatoms. The molecule has 1 aliphatic heterocycles. The maximum Gasteiger partial charge on any atom is 0.222 e. The van der Waals surface area contributed by atoms with Crippen LogP contribution in [0.3, 0.4) is 0 Å². The predicted octanol–water partition coefficient (Wildman–Crippen LogP) is 1.97. The van der Waals surface area contributed by atoms with Gasteiger partial charge in [-0.3, -0.25) is 4.79 Å². The van der Waals surface area contributed by atoms with E-state index in [2.05, 4.69) is 6.58 Å². The van der Waals surface area contributed by atoms with Crippen molar-refractivity contribution in [3.63, 3.8) is 0 Å². The van der Waals surface area contributed by atoms with E-state index < -0.39 is 0 Å². The van der Waals surface area contributed by atoms with Crippen molar-refractivity contribution >= 4 is 5.91 Å². The van der Waals surface area contributed by atoms with Gasteiger partial charge in [-0.15, -0.1) is 6.58 Å². The summed E-state index contributed by atoms with van der Waals surface area (Å²) in [6, 6.07) is 0. The van der Waals surface area contributed by atoms with E-state index in [0.717, 1.165) is 45.2 Å². The Morgan fingerprint density at radius 3 is 2.92 bits per heavy atom. The van der Waals surface area contributed by atoms with E-state index in [1.54, 1.807) is 0 Å². The molecule has 1 saturated heterocycles. The first kappa shape index (κ1) is 9.30. The Balaban J connectivity index is 2.06. The molecule has 0 aromatic heterocycles. The van der Waals surface area contributed by atoms with E-state index in [9.17, 15) is 4.79 Å². The second-order valence-electron chi connectivity index (χ2n) is 3.27. The molecule has 68 valence electrons. The second kappa shape index (κ2) is 4.96. The lowest BCUT2D eigenvalue weighted by molar-refractivity contribution is -0.127. The summed E-state index contributed by atoms with van der Waals surface area (Å²) in [6.07, 6.45) is 7.11. The maximum atomic E-state index is 11.1. The molecule has 0 spiro atoms. The number of carbonyl (C=O) groups excluding carboxylic acids is 1. The molecule has 1 rings (SSSR count). The molecule has 0 aromatic rings. The fourth-order valence-electron chi connectivity index (χ4n) is 1.53. The maximum absolute atomic E-state index is 11.1. The van der Waals surface area contributed by atoms with E-state index in [1.807, 2.05) is 11.0 Å². The van der Waals surface area contributed by atoms with Crippen LogP contribution in [-0.2, 0) is 4.79 Å². The van der Waals surface area contributed by atoms with Crippen LogP contribution in [0.15, 0.2) is 12.7 Å². The van der Waals surface area contributed by atoms with Crippen LogP contribution < -0.4 is 0 Å². The van der Waals surface area contributed by atoms with Gasteiger partial charge in [-0.2, -0.15) is 0 Å². The zero-order chi connectivity index (χ0) is 8.81. The number of hydrogen-bond donors (Lipinski definition) is 0. The van der Waals surface area contributed by atoms with E-state index in [-0.39, 0.29) is 0 Å². The standard InChI is InChI=1S/C10H17NO/c1-2-3-4-5-8-11-9-6-7-10(11)12/h2H,1,3-9H2.